The van der Waals surface area contributed by atoms with Gasteiger partial charge in [0, 0.05) is 22.7 Å². The van der Waals surface area contributed by atoms with Crippen LogP contribution in [0.15, 0.2) is 18.2 Å². The van der Waals surface area contributed by atoms with Crippen molar-refractivity contribution in [1.82, 2.24) is 0 Å². The number of halogens is 1. The van der Waals surface area contributed by atoms with E-state index in [0.717, 1.165) is 23.0 Å². The minimum absolute atomic E-state index is 0.0856. The molecule has 0 spiro atoms. The molecule has 1 atom stereocenters. The molecule has 1 heterocycles. The van der Waals surface area contributed by atoms with Gasteiger partial charge >= 0.3 is 5.97 Å². The van der Waals surface area contributed by atoms with Gasteiger partial charge in [0.05, 0.1) is 18.0 Å². The van der Waals surface area contributed by atoms with Gasteiger partial charge in [0.2, 0.25) is 0 Å². The third-order valence-corrected chi connectivity index (χ3v) is 4.10. The first-order valence-electron chi connectivity index (χ1n) is 6.29. The highest BCUT2D eigenvalue weighted by atomic mass is 127. The molecule has 1 aromatic carbocycles. The summed E-state index contributed by atoms with van der Waals surface area (Å²) >= 11 is 2.05. The maximum Gasteiger partial charge on any atom is 0.310 e. The van der Waals surface area contributed by atoms with Crippen molar-refractivity contribution in [1.29, 1.82) is 0 Å². The average molecular weight is 390 g/mol. The molecule has 0 aliphatic carbocycles. The molecule has 1 fully saturated rings. The van der Waals surface area contributed by atoms with Crippen molar-refractivity contribution in [2.45, 2.75) is 12.8 Å². The van der Waals surface area contributed by atoms with Crippen LogP contribution in [0.4, 0.5) is 11.4 Å². The summed E-state index contributed by atoms with van der Waals surface area (Å²) < 4.78 is 5.59. The van der Waals surface area contributed by atoms with Crippen LogP contribution < -0.4 is 4.90 Å². The van der Waals surface area contributed by atoms with Crippen LogP contribution in [-0.4, -0.2) is 31.1 Å². The number of benzene rings is 1. The first-order valence-corrected chi connectivity index (χ1v) is 7.37. The van der Waals surface area contributed by atoms with Crippen LogP contribution in [0.1, 0.15) is 12.8 Å². The highest BCUT2D eigenvalue weighted by Gasteiger charge is 2.29. The van der Waals surface area contributed by atoms with Gasteiger partial charge < -0.3 is 9.64 Å². The monoisotopic (exact) mass is 390 g/mol. The van der Waals surface area contributed by atoms with Crippen molar-refractivity contribution in [3.8, 4) is 0 Å². The number of carbonyl (C=O) groups is 1. The second-order valence-corrected chi connectivity index (χ2v) is 5.94. The molecule has 1 saturated heterocycles. The van der Waals surface area contributed by atoms with E-state index < -0.39 is 0 Å². The standard InChI is InChI=1S/C13H15IN2O4/c1-20-13(17)9-3-2-6-15(8-9)11-5-4-10(14)7-12(11)16(18)19/h4-5,7,9H,2-3,6,8H2,1H3. The van der Waals surface area contributed by atoms with E-state index in [1.165, 1.54) is 7.11 Å². The Morgan fingerprint density at radius 1 is 1.55 bits per heavy atom. The first-order chi connectivity index (χ1) is 9.52. The van der Waals surface area contributed by atoms with Crippen molar-refractivity contribution in [2.24, 2.45) is 5.92 Å². The summed E-state index contributed by atoms with van der Waals surface area (Å²) in [7, 11) is 1.37. The van der Waals surface area contributed by atoms with Gasteiger partial charge in [-0.25, -0.2) is 0 Å². The van der Waals surface area contributed by atoms with Gasteiger partial charge in [0.25, 0.3) is 5.69 Å². The molecule has 0 radical (unpaired) electrons. The number of methoxy groups -OCH3 is 1. The van der Waals surface area contributed by atoms with Crippen molar-refractivity contribution in [2.75, 3.05) is 25.1 Å². The largest absolute Gasteiger partial charge is 0.469 e. The molecular weight excluding hydrogens is 375 g/mol. The van der Waals surface area contributed by atoms with E-state index in [9.17, 15) is 14.9 Å². The number of hydrogen-bond donors (Lipinski definition) is 0. The Hall–Kier alpha value is -1.38. The van der Waals surface area contributed by atoms with Crippen LogP contribution >= 0.6 is 22.6 Å². The van der Waals surface area contributed by atoms with E-state index in [1.807, 2.05) is 33.6 Å². The lowest BCUT2D eigenvalue weighted by Gasteiger charge is -2.32. The van der Waals surface area contributed by atoms with Crippen molar-refractivity contribution in [3.63, 3.8) is 0 Å². The highest BCUT2D eigenvalue weighted by molar-refractivity contribution is 14.1. The molecule has 0 amide bonds. The molecule has 108 valence electrons. The maximum absolute atomic E-state index is 11.6. The summed E-state index contributed by atoms with van der Waals surface area (Å²) in [5.41, 5.74) is 0.659. The summed E-state index contributed by atoms with van der Waals surface area (Å²) in [6.07, 6.45) is 1.59. The van der Waals surface area contributed by atoms with Gasteiger partial charge in [0.15, 0.2) is 0 Å². The van der Waals surface area contributed by atoms with Gasteiger partial charge in [-0.1, -0.05) is 0 Å². The molecule has 20 heavy (non-hydrogen) atoms. The third-order valence-electron chi connectivity index (χ3n) is 3.43. The zero-order valence-electron chi connectivity index (χ0n) is 11.0. The topological polar surface area (TPSA) is 72.7 Å². The lowest BCUT2D eigenvalue weighted by molar-refractivity contribution is -0.384. The van der Waals surface area contributed by atoms with Crippen LogP contribution in [0, 0.1) is 19.6 Å². The van der Waals surface area contributed by atoms with E-state index >= 15 is 0 Å². The number of rotatable bonds is 3. The van der Waals surface area contributed by atoms with Gasteiger partial charge in [-0.15, -0.1) is 0 Å². The number of esters is 1. The van der Waals surface area contributed by atoms with Gasteiger partial charge in [-0.3, -0.25) is 14.9 Å². The Morgan fingerprint density at radius 2 is 2.30 bits per heavy atom. The molecule has 2 rings (SSSR count). The number of nitro groups is 1. The zero-order chi connectivity index (χ0) is 14.7. The number of anilines is 1. The number of piperidine rings is 1. The molecule has 1 aromatic rings. The van der Waals surface area contributed by atoms with E-state index in [4.69, 9.17) is 4.74 Å². The molecule has 0 N–H and O–H groups in total. The Labute approximate surface area is 130 Å². The Bertz CT molecular complexity index is 535. The fourth-order valence-electron chi connectivity index (χ4n) is 2.47. The van der Waals surface area contributed by atoms with Crippen LogP contribution in [0.25, 0.3) is 0 Å². The zero-order valence-corrected chi connectivity index (χ0v) is 13.2. The Balaban J connectivity index is 2.27. The predicted molar refractivity (Wildman–Crippen MR) is 82.8 cm³/mol. The fourth-order valence-corrected chi connectivity index (χ4v) is 2.94. The SMILES string of the molecule is COC(=O)C1CCCN(c2ccc(I)cc2[N+](=O)[O-])C1. The summed E-state index contributed by atoms with van der Waals surface area (Å²) in [5, 5.41) is 11.2. The molecule has 0 saturated carbocycles. The normalized spacial score (nSPS) is 18.7. The molecule has 1 aliphatic heterocycles. The summed E-state index contributed by atoms with van der Waals surface area (Å²) in [4.78, 5) is 24.3. The first kappa shape index (κ1) is 15.0. The van der Waals surface area contributed by atoms with Crippen LogP contribution in [0.5, 0.6) is 0 Å². The van der Waals surface area contributed by atoms with Gasteiger partial charge in [-0.2, -0.15) is 0 Å². The quantitative estimate of drug-likeness (QED) is 0.343. The Kier molecular flexibility index (Phi) is 4.79. The minimum atomic E-state index is -0.376. The lowest BCUT2D eigenvalue weighted by Crippen LogP contribution is -2.39. The van der Waals surface area contributed by atoms with E-state index in [-0.39, 0.29) is 22.5 Å². The number of nitrogens with zero attached hydrogens (tertiary/aromatic N) is 2. The summed E-state index contributed by atoms with van der Waals surface area (Å²) in [6.45, 7) is 1.18. The average Bonchev–Trinajstić information content (AvgIpc) is 2.46. The summed E-state index contributed by atoms with van der Waals surface area (Å²) in [5.74, 6) is -0.463. The van der Waals surface area contributed by atoms with Gasteiger partial charge in [-0.05, 0) is 47.6 Å². The number of nitro benzene ring substituents is 1. The molecule has 7 heteroatoms. The summed E-state index contributed by atoms with van der Waals surface area (Å²) in [6, 6.07) is 5.14. The number of hydrogen-bond acceptors (Lipinski definition) is 5. The van der Waals surface area contributed by atoms with Gasteiger partial charge in [0.1, 0.15) is 5.69 Å². The second kappa shape index (κ2) is 6.38. The van der Waals surface area contributed by atoms with Crippen LogP contribution in [0.3, 0.4) is 0 Å². The minimum Gasteiger partial charge on any atom is -0.469 e. The van der Waals surface area contributed by atoms with Crippen molar-refractivity contribution in [3.05, 3.63) is 31.9 Å². The number of ether oxygens (including phenoxy) is 1. The van der Waals surface area contributed by atoms with Crippen LogP contribution in [-0.2, 0) is 9.53 Å². The fraction of sp³-hybridized carbons (Fsp3) is 0.462. The molecule has 6 nitrogen and oxygen atoms in total. The molecular formula is C13H15IN2O4. The molecule has 0 bridgehead atoms. The smallest absolute Gasteiger partial charge is 0.310 e. The Morgan fingerprint density at radius 3 is 2.95 bits per heavy atom. The molecule has 1 aliphatic rings. The third kappa shape index (κ3) is 3.20. The molecule has 1 unspecified atom stereocenters. The number of carbonyl (C=O) groups excluding carboxylic acids is 1. The van der Waals surface area contributed by atoms with Crippen LogP contribution in [0.2, 0.25) is 0 Å². The highest BCUT2D eigenvalue weighted by Crippen LogP contribution is 2.33. The molecule has 0 aromatic heterocycles. The van der Waals surface area contributed by atoms with Crippen molar-refractivity contribution >= 4 is 39.9 Å². The second-order valence-electron chi connectivity index (χ2n) is 4.70. The van der Waals surface area contributed by atoms with Crippen molar-refractivity contribution < 1.29 is 14.5 Å². The van der Waals surface area contributed by atoms with E-state index in [1.54, 1.807) is 12.1 Å². The maximum atomic E-state index is 11.6. The van der Waals surface area contributed by atoms with E-state index in [2.05, 4.69) is 0 Å². The lowest BCUT2D eigenvalue weighted by atomic mass is 9.97. The van der Waals surface area contributed by atoms with E-state index in [0.29, 0.717) is 12.2 Å². The predicted octanol–water partition coefficient (Wildman–Crippen LogP) is 2.59.